The molecule has 1 atom stereocenters. The van der Waals surface area contributed by atoms with E-state index >= 15 is 0 Å². The molecule has 4 N–H and O–H groups in total. The number of nitrogens with one attached hydrogen (secondary N) is 1. The van der Waals surface area contributed by atoms with E-state index in [-0.39, 0.29) is 6.04 Å². The van der Waals surface area contributed by atoms with E-state index in [0.29, 0.717) is 11.9 Å². The van der Waals surface area contributed by atoms with Crippen molar-refractivity contribution >= 4 is 5.84 Å². The average molecular weight is 241 g/mol. The summed E-state index contributed by atoms with van der Waals surface area (Å²) in [5.74, 6) is 1.23. The second kappa shape index (κ2) is 7.54. The van der Waals surface area contributed by atoms with Crippen LogP contribution in [0.25, 0.3) is 0 Å². The molecule has 1 saturated carbocycles. The van der Waals surface area contributed by atoms with Crippen molar-refractivity contribution in [3.8, 4) is 0 Å². The van der Waals surface area contributed by atoms with Gasteiger partial charge in [-0.05, 0) is 38.0 Å². The van der Waals surface area contributed by atoms with E-state index in [1.165, 1.54) is 38.5 Å². The highest BCUT2D eigenvalue weighted by molar-refractivity contribution is 5.85. The van der Waals surface area contributed by atoms with Crippen LogP contribution < -0.4 is 11.1 Å². The normalized spacial score (nSPS) is 28.0. The number of rotatable bonds is 6. The second-order valence-electron chi connectivity index (χ2n) is 5.16. The molecule has 100 valence electrons. The van der Waals surface area contributed by atoms with Crippen molar-refractivity contribution in [3.63, 3.8) is 0 Å². The van der Waals surface area contributed by atoms with Crippen molar-refractivity contribution in [1.82, 2.24) is 5.32 Å². The van der Waals surface area contributed by atoms with Gasteiger partial charge in [0.1, 0.15) is 0 Å². The Morgan fingerprint density at radius 3 is 2.47 bits per heavy atom. The lowest BCUT2D eigenvalue weighted by molar-refractivity contribution is 0.268. The maximum absolute atomic E-state index is 8.70. The van der Waals surface area contributed by atoms with Gasteiger partial charge in [0.25, 0.3) is 0 Å². The van der Waals surface area contributed by atoms with E-state index in [2.05, 4.69) is 24.3 Å². The van der Waals surface area contributed by atoms with Crippen molar-refractivity contribution in [1.29, 1.82) is 0 Å². The Balaban J connectivity index is 2.34. The van der Waals surface area contributed by atoms with Gasteiger partial charge in [-0.1, -0.05) is 31.8 Å². The zero-order valence-electron chi connectivity index (χ0n) is 11.2. The fourth-order valence-electron chi connectivity index (χ4n) is 2.79. The molecule has 1 rings (SSSR count). The summed E-state index contributed by atoms with van der Waals surface area (Å²) in [7, 11) is 0. The van der Waals surface area contributed by atoms with Gasteiger partial charge >= 0.3 is 0 Å². The largest absolute Gasteiger partial charge is 0.409 e. The maximum Gasteiger partial charge on any atom is 0.156 e. The van der Waals surface area contributed by atoms with Crippen LogP contribution >= 0.6 is 0 Å². The number of hydrogen-bond donors (Lipinski definition) is 3. The molecule has 1 aliphatic carbocycles. The first-order valence-electron chi connectivity index (χ1n) is 6.94. The molecular formula is C13H27N3O. The molecule has 1 fully saturated rings. The van der Waals surface area contributed by atoms with Crippen LogP contribution in [0.2, 0.25) is 0 Å². The van der Waals surface area contributed by atoms with Gasteiger partial charge in [0, 0.05) is 6.04 Å². The van der Waals surface area contributed by atoms with Gasteiger partial charge in [-0.2, -0.15) is 0 Å². The van der Waals surface area contributed by atoms with Crippen molar-refractivity contribution in [2.75, 3.05) is 0 Å². The molecule has 4 nitrogen and oxygen atoms in total. The zero-order chi connectivity index (χ0) is 12.7. The van der Waals surface area contributed by atoms with E-state index in [9.17, 15) is 0 Å². The molecule has 0 bridgehead atoms. The Morgan fingerprint density at radius 1 is 1.35 bits per heavy atom. The fourth-order valence-corrected chi connectivity index (χ4v) is 2.79. The minimum absolute atomic E-state index is 0.0210. The Labute approximate surface area is 105 Å². The van der Waals surface area contributed by atoms with Crippen LogP contribution in [-0.4, -0.2) is 23.1 Å². The number of oxime groups is 1. The van der Waals surface area contributed by atoms with E-state index in [4.69, 9.17) is 10.9 Å². The van der Waals surface area contributed by atoms with Crippen molar-refractivity contribution < 1.29 is 5.21 Å². The van der Waals surface area contributed by atoms with Crippen molar-refractivity contribution in [2.24, 2.45) is 16.8 Å². The van der Waals surface area contributed by atoms with Gasteiger partial charge in [0.15, 0.2) is 5.84 Å². The summed E-state index contributed by atoms with van der Waals surface area (Å²) in [6, 6.07) is 0.557. The quantitative estimate of drug-likeness (QED) is 0.289. The summed E-state index contributed by atoms with van der Waals surface area (Å²) >= 11 is 0. The molecule has 0 saturated heterocycles. The molecule has 0 aromatic carbocycles. The number of nitrogens with zero attached hydrogens (tertiary/aromatic N) is 1. The van der Waals surface area contributed by atoms with Crippen LogP contribution in [0.4, 0.5) is 0 Å². The third-order valence-corrected chi connectivity index (χ3v) is 3.86. The lowest BCUT2D eigenvalue weighted by Crippen LogP contribution is -2.47. The zero-order valence-corrected chi connectivity index (χ0v) is 11.2. The summed E-state index contributed by atoms with van der Waals surface area (Å²) in [5.41, 5.74) is 5.66. The third kappa shape index (κ3) is 4.54. The van der Waals surface area contributed by atoms with Gasteiger partial charge < -0.3 is 16.3 Å². The standard InChI is InChI=1S/C13H27N3O/c1-3-5-10-6-8-11(9-7-10)15-12(4-2)13(14)16-17/h10-12,15,17H,3-9H2,1-2H3,(H2,14,16). The lowest BCUT2D eigenvalue weighted by Gasteiger charge is -2.31. The maximum atomic E-state index is 8.70. The smallest absolute Gasteiger partial charge is 0.156 e. The van der Waals surface area contributed by atoms with E-state index in [0.717, 1.165) is 12.3 Å². The first kappa shape index (κ1) is 14.3. The van der Waals surface area contributed by atoms with E-state index < -0.39 is 0 Å². The Hall–Kier alpha value is -0.770. The van der Waals surface area contributed by atoms with Crippen LogP contribution in [0, 0.1) is 5.92 Å². The predicted octanol–water partition coefficient (Wildman–Crippen LogP) is 2.46. The Morgan fingerprint density at radius 2 is 2.00 bits per heavy atom. The predicted molar refractivity (Wildman–Crippen MR) is 71.3 cm³/mol. The molecular weight excluding hydrogens is 214 g/mol. The van der Waals surface area contributed by atoms with Crippen LogP contribution in [0.3, 0.4) is 0 Å². The SMILES string of the molecule is CCCC1CCC(NC(CC)C(N)=NO)CC1. The van der Waals surface area contributed by atoms with Gasteiger partial charge in [-0.25, -0.2) is 0 Å². The number of amidine groups is 1. The average Bonchev–Trinajstić information content (AvgIpc) is 2.37. The Bertz CT molecular complexity index is 235. The fraction of sp³-hybridized carbons (Fsp3) is 0.923. The molecule has 1 aliphatic rings. The summed E-state index contributed by atoms with van der Waals surface area (Å²) in [4.78, 5) is 0. The molecule has 0 heterocycles. The van der Waals surface area contributed by atoms with Crippen LogP contribution in [-0.2, 0) is 0 Å². The molecule has 0 radical (unpaired) electrons. The number of nitrogens with two attached hydrogens (primary N) is 1. The molecule has 17 heavy (non-hydrogen) atoms. The highest BCUT2D eigenvalue weighted by Gasteiger charge is 2.23. The number of hydrogen-bond acceptors (Lipinski definition) is 3. The minimum atomic E-state index is 0.0210. The van der Waals surface area contributed by atoms with Crippen molar-refractivity contribution in [3.05, 3.63) is 0 Å². The minimum Gasteiger partial charge on any atom is -0.409 e. The topological polar surface area (TPSA) is 70.6 Å². The van der Waals surface area contributed by atoms with Crippen LogP contribution in [0.15, 0.2) is 5.16 Å². The summed E-state index contributed by atoms with van der Waals surface area (Å²) in [6.07, 6.45) is 8.61. The van der Waals surface area contributed by atoms with Crippen LogP contribution in [0.1, 0.15) is 58.8 Å². The summed E-state index contributed by atoms with van der Waals surface area (Å²) in [5, 5.41) is 15.3. The summed E-state index contributed by atoms with van der Waals surface area (Å²) in [6.45, 7) is 4.31. The monoisotopic (exact) mass is 241 g/mol. The first-order valence-corrected chi connectivity index (χ1v) is 6.94. The van der Waals surface area contributed by atoms with Gasteiger partial charge in [-0.3, -0.25) is 0 Å². The van der Waals surface area contributed by atoms with E-state index in [1.807, 2.05) is 0 Å². The molecule has 0 amide bonds. The Kier molecular flexibility index (Phi) is 6.34. The van der Waals surface area contributed by atoms with E-state index in [1.54, 1.807) is 0 Å². The van der Waals surface area contributed by atoms with Gasteiger partial charge in [0.2, 0.25) is 0 Å². The lowest BCUT2D eigenvalue weighted by atomic mass is 9.83. The first-order chi connectivity index (χ1) is 8.21. The van der Waals surface area contributed by atoms with Crippen molar-refractivity contribution in [2.45, 2.75) is 70.9 Å². The molecule has 0 aliphatic heterocycles. The molecule has 0 aromatic rings. The van der Waals surface area contributed by atoms with Gasteiger partial charge in [0.05, 0.1) is 6.04 Å². The highest BCUT2D eigenvalue weighted by atomic mass is 16.4. The summed E-state index contributed by atoms with van der Waals surface area (Å²) < 4.78 is 0. The second-order valence-corrected chi connectivity index (χ2v) is 5.16. The van der Waals surface area contributed by atoms with Gasteiger partial charge in [-0.15, -0.1) is 0 Å². The molecule has 1 unspecified atom stereocenters. The van der Waals surface area contributed by atoms with Crippen LogP contribution in [0.5, 0.6) is 0 Å². The third-order valence-electron chi connectivity index (χ3n) is 3.86. The molecule has 0 aromatic heterocycles. The molecule has 4 heteroatoms. The molecule has 0 spiro atoms. The highest BCUT2D eigenvalue weighted by Crippen LogP contribution is 2.27.